The molecule has 2 aromatic heterocycles. The van der Waals surface area contributed by atoms with E-state index in [-0.39, 0.29) is 41.6 Å². The van der Waals surface area contributed by atoms with Gasteiger partial charge in [0.2, 0.25) is 0 Å². The Kier molecular flexibility index (Phi) is 6.28. The van der Waals surface area contributed by atoms with Gasteiger partial charge < -0.3 is 15.2 Å². The Labute approximate surface area is 192 Å². The normalized spacial score (nSPS) is 14.9. The van der Waals surface area contributed by atoms with E-state index in [1.54, 1.807) is 11.0 Å². The molecule has 0 radical (unpaired) electrons. The third kappa shape index (κ3) is 4.88. The van der Waals surface area contributed by atoms with Crippen LogP contribution in [0, 0.1) is 11.6 Å². The first-order valence-corrected chi connectivity index (χ1v) is 11.9. The molecule has 13 heteroatoms. The van der Waals surface area contributed by atoms with E-state index in [9.17, 15) is 22.0 Å². The lowest BCUT2D eigenvalue weighted by molar-refractivity contribution is 0.370. The summed E-state index contributed by atoms with van der Waals surface area (Å²) in [6, 6.07) is 5.84. The number of aliphatic imine (C=N–C) groups is 1. The van der Waals surface area contributed by atoms with E-state index in [0.717, 1.165) is 18.5 Å². The van der Waals surface area contributed by atoms with Crippen molar-refractivity contribution in [1.29, 1.82) is 0 Å². The zero-order chi connectivity index (χ0) is 24.5. The van der Waals surface area contributed by atoms with Gasteiger partial charge in [0.15, 0.2) is 38.1 Å². The fourth-order valence-corrected chi connectivity index (χ4v) is 4.03. The van der Waals surface area contributed by atoms with Crippen LogP contribution in [0.4, 0.5) is 14.6 Å². The standard InChI is InChI=1S/C21H20F2N6O4S/c1-34(31,32)18(25-9-12-4-2-3-5-14(12)22)8-16(24)19-26-10-15(23)20(27-19)29-7-6-13-17(11-29)33-28-21(13)30/h2-5,8,10H,6-7,9,11,24H2,1H3,(H,28,30). The maximum atomic E-state index is 14.5. The summed E-state index contributed by atoms with van der Waals surface area (Å²) >= 11 is 0. The maximum absolute atomic E-state index is 14.5. The second-order valence-electron chi connectivity index (χ2n) is 7.59. The van der Waals surface area contributed by atoms with E-state index in [1.807, 2.05) is 0 Å². The van der Waals surface area contributed by atoms with Gasteiger partial charge >= 0.3 is 0 Å². The van der Waals surface area contributed by atoms with Crippen molar-refractivity contribution >= 4 is 26.4 Å². The number of anilines is 1. The van der Waals surface area contributed by atoms with Crippen LogP contribution in [0.5, 0.6) is 0 Å². The average Bonchev–Trinajstić information content (AvgIpc) is 3.17. The quantitative estimate of drug-likeness (QED) is 0.404. The third-order valence-electron chi connectivity index (χ3n) is 5.15. The lowest BCUT2D eigenvalue weighted by atomic mass is 10.1. The lowest BCUT2D eigenvalue weighted by Gasteiger charge is -2.26. The molecular formula is C21H20F2N6O4S. The molecule has 0 bridgehead atoms. The van der Waals surface area contributed by atoms with Crippen LogP contribution in [0.2, 0.25) is 0 Å². The van der Waals surface area contributed by atoms with Gasteiger partial charge in [-0.05, 0) is 12.5 Å². The van der Waals surface area contributed by atoms with Crippen molar-refractivity contribution in [2.45, 2.75) is 19.5 Å². The van der Waals surface area contributed by atoms with Gasteiger partial charge in [-0.15, -0.1) is 0 Å². The predicted molar refractivity (Wildman–Crippen MR) is 121 cm³/mol. The Hall–Kier alpha value is -3.87. The SMILES string of the molecule is CS(=O)(=O)C(C=C(N)c1ncc(F)c(N2CCc3c(o[nH]c3=O)C2)n1)=NCc1ccccc1F. The topological polar surface area (TPSA) is 148 Å². The first kappa shape index (κ1) is 23.3. The monoisotopic (exact) mass is 490 g/mol. The number of fused-ring (bicyclic) bond motifs is 1. The molecule has 4 rings (SSSR count). The highest BCUT2D eigenvalue weighted by Crippen LogP contribution is 2.24. The van der Waals surface area contributed by atoms with E-state index in [4.69, 9.17) is 10.3 Å². The minimum atomic E-state index is -3.84. The van der Waals surface area contributed by atoms with Gasteiger partial charge in [-0.2, -0.15) is 5.16 Å². The van der Waals surface area contributed by atoms with Crippen LogP contribution in [0.1, 0.15) is 22.7 Å². The maximum Gasteiger partial charge on any atom is 0.283 e. The number of sulfone groups is 1. The van der Waals surface area contributed by atoms with Gasteiger partial charge in [0.25, 0.3) is 5.56 Å². The number of hydrogen-bond donors (Lipinski definition) is 2. The fourth-order valence-electron chi connectivity index (χ4n) is 3.39. The van der Waals surface area contributed by atoms with Crippen LogP contribution in [0.15, 0.2) is 50.8 Å². The Bertz CT molecular complexity index is 1460. The van der Waals surface area contributed by atoms with Crippen LogP contribution in [0.3, 0.4) is 0 Å². The summed E-state index contributed by atoms with van der Waals surface area (Å²) in [6.45, 7) is 0.168. The number of aromatic nitrogens is 3. The van der Waals surface area contributed by atoms with Gasteiger partial charge in [-0.1, -0.05) is 18.2 Å². The van der Waals surface area contributed by atoms with Gasteiger partial charge in [-0.25, -0.2) is 27.2 Å². The minimum Gasteiger partial charge on any atom is -0.396 e. The van der Waals surface area contributed by atoms with E-state index in [2.05, 4.69) is 20.1 Å². The number of aromatic amines is 1. The van der Waals surface area contributed by atoms with Crippen molar-refractivity contribution in [3.8, 4) is 0 Å². The summed E-state index contributed by atoms with van der Waals surface area (Å²) in [5, 5.41) is 1.85. The van der Waals surface area contributed by atoms with E-state index >= 15 is 0 Å². The molecule has 178 valence electrons. The molecule has 0 atom stereocenters. The summed E-state index contributed by atoms with van der Waals surface area (Å²) < 4.78 is 58.0. The Balaban J connectivity index is 1.64. The predicted octanol–water partition coefficient (Wildman–Crippen LogP) is 1.54. The molecular weight excluding hydrogens is 470 g/mol. The van der Waals surface area contributed by atoms with Crippen LogP contribution in [0.25, 0.3) is 5.70 Å². The zero-order valence-corrected chi connectivity index (χ0v) is 18.8. The number of H-pyrrole nitrogens is 1. The van der Waals surface area contributed by atoms with E-state index < -0.39 is 26.5 Å². The van der Waals surface area contributed by atoms with Crippen molar-refractivity contribution in [2.24, 2.45) is 10.7 Å². The number of hydrogen-bond acceptors (Lipinski definition) is 9. The number of nitrogens with one attached hydrogen (secondary N) is 1. The molecule has 0 spiro atoms. The number of nitrogens with two attached hydrogens (primary N) is 1. The van der Waals surface area contributed by atoms with Crippen LogP contribution >= 0.6 is 0 Å². The van der Waals surface area contributed by atoms with Crippen molar-refractivity contribution in [3.05, 3.63) is 81.2 Å². The zero-order valence-electron chi connectivity index (χ0n) is 18.0. The summed E-state index contributed by atoms with van der Waals surface area (Å²) in [5.74, 6) is -1.08. The van der Waals surface area contributed by atoms with Gasteiger partial charge in [0, 0.05) is 24.4 Å². The summed E-state index contributed by atoms with van der Waals surface area (Å²) in [7, 11) is -3.84. The smallest absolute Gasteiger partial charge is 0.283 e. The molecule has 0 aliphatic carbocycles. The number of rotatable bonds is 5. The second-order valence-corrected chi connectivity index (χ2v) is 9.55. The number of benzene rings is 1. The molecule has 0 amide bonds. The summed E-state index contributed by atoms with van der Waals surface area (Å²) in [4.78, 5) is 25.2. The van der Waals surface area contributed by atoms with Gasteiger partial charge in [0.1, 0.15) is 5.82 Å². The summed E-state index contributed by atoms with van der Waals surface area (Å²) in [6.07, 6.45) is 3.22. The van der Waals surface area contributed by atoms with Crippen LogP contribution in [-0.4, -0.2) is 41.4 Å². The fraction of sp³-hybridized carbons (Fsp3) is 0.238. The molecule has 34 heavy (non-hydrogen) atoms. The first-order chi connectivity index (χ1) is 16.1. The lowest BCUT2D eigenvalue weighted by Crippen LogP contribution is -2.33. The molecule has 0 saturated carbocycles. The van der Waals surface area contributed by atoms with Gasteiger partial charge in [-0.3, -0.25) is 9.79 Å². The molecule has 3 aromatic rings. The van der Waals surface area contributed by atoms with E-state index in [0.29, 0.717) is 24.3 Å². The minimum absolute atomic E-state index is 0.0833. The Morgan fingerprint density at radius 2 is 2.09 bits per heavy atom. The average molecular weight is 490 g/mol. The van der Waals surface area contributed by atoms with Crippen molar-refractivity contribution in [3.63, 3.8) is 0 Å². The second kappa shape index (κ2) is 9.17. The number of nitrogens with zero attached hydrogens (tertiary/aromatic N) is 4. The molecule has 10 nitrogen and oxygen atoms in total. The molecule has 3 heterocycles. The van der Waals surface area contributed by atoms with Crippen LogP contribution in [-0.2, 0) is 29.3 Å². The largest absolute Gasteiger partial charge is 0.396 e. The molecule has 0 fully saturated rings. The van der Waals surface area contributed by atoms with Gasteiger partial charge in [0.05, 0.1) is 30.5 Å². The Morgan fingerprint density at radius 3 is 2.82 bits per heavy atom. The van der Waals surface area contributed by atoms with Crippen molar-refractivity contribution in [2.75, 3.05) is 17.7 Å². The highest BCUT2D eigenvalue weighted by molar-refractivity contribution is 8.06. The van der Waals surface area contributed by atoms with Crippen molar-refractivity contribution < 1.29 is 21.7 Å². The van der Waals surface area contributed by atoms with E-state index in [1.165, 1.54) is 18.2 Å². The molecule has 3 N–H and O–H groups in total. The highest BCUT2D eigenvalue weighted by atomic mass is 32.2. The molecule has 0 saturated heterocycles. The molecule has 1 aliphatic rings. The Morgan fingerprint density at radius 1 is 1.32 bits per heavy atom. The third-order valence-corrected chi connectivity index (χ3v) is 6.16. The molecule has 1 aromatic carbocycles. The molecule has 0 unspecified atom stereocenters. The van der Waals surface area contributed by atoms with Crippen LogP contribution < -0.4 is 16.2 Å². The summed E-state index contributed by atoms with van der Waals surface area (Å²) in [5.41, 5.74) is 6.23. The number of halogens is 2. The van der Waals surface area contributed by atoms with Crippen molar-refractivity contribution in [1.82, 2.24) is 15.1 Å². The molecule has 1 aliphatic heterocycles. The highest BCUT2D eigenvalue weighted by Gasteiger charge is 2.26. The first-order valence-electron chi connectivity index (χ1n) is 10.1.